The van der Waals surface area contributed by atoms with E-state index >= 15 is 0 Å². The number of thiophene rings is 1. The van der Waals surface area contributed by atoms with Gasteiger partial charge in [-0.2, -0.15) is 11.3 Å². The number of carbonyl (C=O) groups excluding carboxylic acids is 1. The lowest BCUT2D eigenvalue weighted by atomic mass is 10.1. The van der Waals surface area contributed by atoms with Gasteiger partial charge in [-0.25, -0.2) is 9.97 Å². The van der Waals surface area contributed by atoms with E-state index in [4.69, 9.17) is 4.98 Å². The first-order valence-electron chi connectivity index (χ1n) is 8.55. The number of aryl methyl sites for hydroxylation is 2. The molecule has 0 aliphatic carbocycles. The van der Waals surface area contributed by atoms with Crippen LogP contribution < -0.4 is 5.32 Å². The maximum absolute atomic E-state index is 12.4. The second-order valence-electron chi connectivity index (χ2n) is 6.10. The highest BCUT2D eigenvalue weighted by atomic mass is 32.1. The first-order valence-corrected chi connectivity index (χ1v) is 10.3. The number of anilines is 1. The number of carbonyl (C=O) groups is 1. The van der Waals surface area contributed by atoms with E-state index in [-0.39, 0.29) is 5.91 Å². The molecule has 4 rings (SSSR count). The van der Waals surface area contributed by atoms with Crippen LogP contribution in [0.2, 0.25) is 0 Å². The van der Waals surface area contributed by atoms with Crippen LogP contribution in [0.25, 0.3) is 22.0 Å². The molecule has 3 aromatic heterocycles. The number of amides is 1. The molecule has 1 N–H and O–H groups in total. The van der Waals surface area contributed by atoms with E-state index < -0.39 is 0 Å². The van der Waals surface area contributed by atoms with Crippen molar-refractivity contribution in [3.63, 3.8) is 0 Å². The van der Waals surface area contributed by atoms with Gasteiger partial charge >= 0.3 is 0 Å². The fraction of sp³-hybridized carbons (Fsp3) is 0.150. The molecule has 0 unspecified atom stereocenters. The Morgan fingerprint density at radius 2 is 2.07 bits per heavy atom. The molecule has 0 saturated heterocycles. The van der Waals surface area contributed by atoms with Crippen molar-refractivity contribution >= 4 is 33.7 Å². The summed E-state index contributed by atoms with van der Waals surface area (Å²) in [6, 6.07) is 12.0. The summed E-state index contributed by atoms with van der Waals surface area (Å²) in [5.41, 5.74) is 3.03. The van der Waals surface area contributed by atoms with Gasteiger partial charge in [-0.1, -0.05) is 41.7 Å². The molecule has 7 heteroatoms. The fourth-order valence-corrected chi connectivity index (χ4v) is 4.52. The summed E-state index contributed by atoms with van der Waals surface area (Å²) in [5, 5.41) is 7.65. The van der Waals surface area contributed by atoms with E-state index in [9.17, 15) is 4.79 Å². The highest BCUT2D eigenvalue weighted by Crippen LogP contribution is 2.38. The average molecular weight is 395 g/mol. The maximum Gasteiger partial charge on any atom is 0.226 e. The Labute approximate surface area is 165 Å². The lowest BCUT2D eigenvalue weighted by molar-refractivity contribution is -0.116. The number of benzene rings is 1. The average Bonchev–Trinajstić information content (AvgIpc) is 3.41. The van der Waals surface area contributed by atoms with Gasteiger partial charge in [-0.15, -0.1) is 0 Å². The summed E-state index contributed by atoms with van der Waals surface area (Å²) in [7, 11) is 1.95. The van der Waals surface area contributed by atoms with Gasteiger partial charge in [-0.3, -0.25) is 4.79 Å². The van der Waals surface area contributed by atoms with Crippen LogP contribution in [-0.2, 0) is 18.3 Å². The molecule has 1 aromatic carbocycles. The van der Waals surface area contributed by atoms with Crippen LogP contribution in [0.4, 0.5) is 5.13 Å². The quantitative estimate of drug-likeness (QED) is 0.509. The number of imidazole rings is 1. The zero-order chi connectivity index (χ0) is 18.6. The number of hydrogen-bond acceptors (Lipinski definition) is 5. The number of aromatic nitrogens is 3. The van der Waals surface area contributed by atoms with Gasteiger partial charge in [0.2, 0.25) is 5.91 Å². The molecule has 0 spiro atoms. The normalized spacial score (nSPS) is 10.9. The SMILES string of the molecule is Cn1ccnc1-c1sc(NC(=O)CCc2ccsc2)nc1-c1ccccc1. The standard InChI is InChI=1S/C20H18N4OS2/c1-24-11-10-21-19(24)18-17(15-5-3-2-4-6-15)23-20(27-18)22-16(25)8-7-14-9-12-26-13-14/h2-6,9-13H,7-8H2,1H3,(H,22,23,25). The van der Waals surface area contributed by atoms with Crippen molar-refractivity contribution in [3.05, 3.63) is 65.1 Å². The van der Waals surface area contributed by atoms with Gasteiger partial charge in [0.1, 0.15) is 0 Å². The van der Waals surface area contributed by atoms with Crippen molar-refractivity contribution in [1.29, 1.82) is 0 Å². The molecule has 0 radical (unpaired) electrons. The zero-order valence-electron chi connectivity index (χ0n) is 14.8. The smallest absolute Gasteiger partial charge is 0.226 e. The summed E-state index contributed by atoms with van der Waals surface area (Å²) in [6.07, 6.45) is 4.85. The summed E-state index contributed by atoms with van der Waals surface area (Å²) >= 11 is 3.10. The molecule has 0 atom stereocenters. The van der Waals surface area contributed by atoms with Gasteiger partial charge < -0.3 is 9.88 Å². The van der Waals surface area contributed by atoms with Gasteiger partial charge in [0, 0.05) is 31.4 Å². The number of hydrogen-bond donors (Lipinski definition) is 1. The number of nitrogens with zero attached hydrogens (tertiary/aromatic N) is 3. The molecule has 0 aliphatic heterocycles. The summed E-state index contributed by atoms with van der Waals surface area (Å²) in [4.78, 5) is 22.5. The Hall–Kier alpha value is -2.77. The van der Waals surface area contributed by atoms with Crippen molar-refractivity contribution in [3.8, 4) is 22.0 Å². The molecular formula is C20H18N4OS2. The number of thiazole rings is 1. The van der Waals surface area contributed by atoms with Crippen LogP contribution in [0.5, 0.6) is 0 Å². The Morgan fingerprint density at radius 1 is 1.22 bits per heavy atom. The van der Waals surface area contributed by atoms with Crippen LogP contribution in [0, 0.1) is 0 Å². The van der Waals surface area contributed by atoms with Crippen molar-refractivity contribution in [2.24, 2.45) is 7.05 Å². The molecule has 136 valence electrons. The minimum atomic E-state index is -0.0269. The van der Waals surface area contributed by atoms with E-state index in [0.717, 1.165) is 28.4 Å². The highest BCUT2D eigenvalue weighted by molar-refractivity contribution is 7.19. The molecule has 1 amide bonds. The van der Waals surface area contributed by atoms with Crippen LogP contribution in [0.15, 0.2) is 59.6 Å². The second-order valence-corrected chi connectivity index (χ2v) is 7.88. The van der Waals surface area contributed by atoms with Gasteiger partial charge in [0.15, 0.2) is 11.0 Å². The van der Waals surface area contributed by atoms with E-state index in [0.29, 0.717) is 11.6 Å². The molecule has 3 heterocycles. The first kappa shape index (κ1) is 17.6. The third-order valence-corrected chi connectivity index (χ3v) is 5.86. The van der Waals surface area contributed by atoms with Crippen molar-refractivity contribution in [2.75, 3.05) is 5.32 Å². The highest BCUT2D eigenvalue weighted by Gasteiger charge is 2.19. The summed E-state index contributed by atoms with van der Waals surface area (Å²) in [5.74, 6) is 0.811. The molecule has 0 bridgehead atoms. The molecule has 0 fully saturated rings. The monoisotopic (exact) mass is 394 g/mol. The van der Waals surface area contributed by atoms with Crippen LogP contribution in [0.3, 0.4) is 0 Å². The van der Waals surface area contributed by atoms with Gasteiger partial charge in [0.25, 0.3) is 0 Å². The Kier molecular flexibility index (Phi) is 5.13. The fourth-order valence-electron chi connectivity index (χ4n) is 2.78. The Bertz CT molecular complexity index is 1040. The van der Waals surface area contributed by atoms with Crippen molar-refractivity contribution < 1.29 is 4.79 Å². The Morgan fingerprint density at radius 3 is 2.78 bits per heavy atom. The Balaban J connectivity index is 1.59. The third kappa shape index (κ3) is 3.99. The van der Waals surface area contributed by atoms with Crippen LogP contribution in [-0.4, -0.2) is 20.4 Å². The minimum absolute atomic E-state index is 0.0269. The van der Waals surface area contributed by atoms with E-state index in [1.807, 2.05) is 59.6 Å². The summed E-state index contributed by atoms with van der Waals surface area (Å²) < 4.78 is 1.96. The maximum atomic E-state index is 12.4. The number of nitrogens with one attached hydrogen (secondary N) is 1. The lowest BCUT2D eigenvalue weighted by Gasteiger charge is -2.02. The van der Waals surface area contributed by atoms with E-state index in [2.05, 4.69) is 15.7 Å². The van der Waals surface area contributed by atoms with Crippen LogP contribution in [0.1, 0.15) is 12.0 Å². The topological polar surface area (TPSA) is 59.8 Å². The minimum Gasteiger partial charge on any atom is -0.333 e. The van der Waals surface area contributed by atoms with Crippen LogP contribution >= 0.6 is 22.7 Å². The molecular weight excluding hydrogens is 376 g/mol. The predicted octanol–water partition coefficient (Wildman–Crippen LogP) is 4.84. The second kappa shape index (κ2) is 7.85. The molecule has 4 aromatic rings. The largest absolute Gasteiger partial charge is 0.333 e. The molecule has 0 saturated carbocycles. The molecule has 5 nitrogen and oxygen atoms in total. The number of rotatable bonds is 6. The zero-order valence-corrected chi connectivity index (χ0v) is 16.4. The first-order chi connectivity index (χ1) is 13.2. The third-order valence-electron chi connectivity index (χ3n) is 4.17. The molecule has 27 heavy (non-hydrogen) atoms. The van der Waals surface area contributed by atoms with Crippen molar-refractivity contribution in [1.82, 2.24) is 14.5 Å². The van der Waals surface area contributed by atoms with Crippen molar-refractivity contribution in [2.45, 2.75) is 12.8 Å². The van der Waals surface area contributed by atoms with Gasteiger partial charge in [-0.05, 0) is 28.8 Å². The lowest BCUT2D eigenvalue weighted by Crippen LogP contribution is -2.11. The predicted molar refractivity (Wildman–Crippen MR) is 111 cm³/mol. The van der Waals surface area contributed by atoms with E-state index in [1.165, 1.54) is 16.9 Å². The molecule has 0 aliphatic rings. The van der Waals surface area contributed by atoms with E-state index in [1.54, 1.807) is 17.5 Å². The summed E-state index contributed by atoms with van der Waals surface area (Å²) in [6.45, 7) is 0. The van der Waals surface area contributed by atoms with Gasteiger partial charge in [0.05, 0.1) is 10.6 Å².